The van der Waals surface area contributed by atoms with Crippen LogP contribution >= 0.6 is 0 Å². The van der Waals surface area contributed by atoms with Crippen LogP contribution in [0.5, 0.6) is 0 Å². The molecule has 0 aromatic rings. The summed E-state index contributed by atoms with van der Waals surface area (Å²) in [6.07, 6.45) is -0.629. The van der Waals surface area contributed by atoms with E-state index in [0.717, 1.165) is 0 Å². The first-order valence-electron chi connectivity index (χ1n) is 4.67. The van der Waals surface area contributed by atoms with Gasteiger partial charge in [0, 0.05) is 13.2 Å². The Morgan fingerprint density at radius 1 is 1.33 bits per heavy atom. The van der Waals surface area contributed by atoms with E-state index in [-0.39, 0.29) is 19.2 Å². The number of nitrogens with two attached hydrogens (primary N) is 2. The summed E-state index contributed by atoms with van der Waals surface area (Å²) in [7, 11) is 0. The zero-order valence-electron chi connectivity index (χ0n) is 8.79. The van der Waals surface area contributed by atoms with Crippen molar-refractivity contribution in [3.05, 3.63) is 0 Å². The van der Waals surface area contributed by atoms with E-state index in [1.807, 2.05) is 0 Å². The second-order valence-corrected chi connectivity index (χ2v) is 2.94. The molecule has 88 valence electrons. The fraction of sp³-hybridized carbons (Fsp3) is 0.750. The Balaban J connectivity index is 3.68. The second-order valence-electron chi connectivity index (χ2n) is 2.94. The van der Waals surface area contributed by atoms with Crippen molar-refractivity contribution in [2.75, 3.05) is 19.9 Å². The number of esters is 1. The molecule has 0 aromatic carbocycles. The van der Waals surface area contributed by atoms with Crippen molar-refractivity contribution in [3.8, 4) is 0 Å². The van der Waals surface area contributed by atoms with Crippen LogP contribution in [-0.4, -0.2) is 37.9 Å². The van der Waals surface area contributed by atoms with Gasteiger partial charge in [0.2, 0.25) is 5.91 Å². The average Bonchev–Trinajstić information content (AvgIpc) is 2.14. The number of ether oxygens (including phenoxy) is 1. The van der Waals surface area contributed by atoms with Gasteiger partial charge in [0.1, 0.15) is 12.5 Å². The third-order valence-electron chi connectivity index (χ3n) is 1.51. The summed E-state index contributed by atoms with van der Waals surface area (Å²) in [4.78, 5) is 22.0. The first-order valence-corrected chi connectivity index (χ1v) is 4.67. The van der Waals surface area contributed by atoms with Gasteiger partial charge in [-0.25, -0.2) is 0 Å². The molecule has 0 saturated heterocycles. The van der Waals surface area contributed by atoms with E-state index in [2.05, 4.69) is 10.6 Å². The van der Waals surface area contributed by atoms with Crippen molar-refractivity contribution in [1.29, 1.82) is 0 Å². The molecule has 0 aromatic heterocycles. The molecular weight excluding hydrogens is 200 g/mol. The van der Waals surface area contributed by atoms with Gasteiger partial charge in [-0.2, -0.15) is 0 Å². The molecular formula is C8H18N4O3. The van der Waals surface area contributed by atoms with Gasteiger partial charge < -0.3 is 26.8 Å². The molecule has 0 fully saturated rings. The van der Waals surface area contributed by atoms with Gasteiger partial charge in [0.25, 0.3) is 0 Å². The van der Waals surface area contributed by atoms with Gasteiger partial charge in [-0.15, -0.1) is 0 Å². The third kappa shape index (κ3) is 7.86. The molecule has 7 nitrogen and oxygen atoms in total. The van der Waals surface area contributed by atoms with E-state index < -0.39 is 11.9 Å². The Hall–Kier alpha value is -1.18. The van der Waals surface area contributed by atoms with Crippen molar-refractivity contribution in [1.82, 2.24) is 10.6 Å². The van der Waals surface area contributed by atoms with Gasteiger partial charge in [0.05, 0.1) is 6.67 Å². The van der Waals surface area contributed by atoms with Crippen molar-refractivity contribution < 1.29 is 14.3 Å². The lowest BCUT2D eigenvalue weighted by Crippen LogP contribution is -2.35. The standard InChI is InChI=1S/C8H18N4O3/c1-6(3-11-4-9)15-8(14)2-7(13)12-5-10/h6,11H,2-5,9-10H2,1H3,(H,12,13). The molecule has 0 aliphatic heterocycles. The zero-order chi connectivity index (χ0) is 11.7. The number of nitrogens with one attached hydrogen (secondary N) is 2. The molecule has 0 spiro atoms. The average molecular weight is 218 g/mol. The summed E-state index contributed by atoms with van der Waals surface area (Å²) in [5.74, 6) is -1.02. The molecule has 0 radical (unpaired) electrons. The van der Waals surface area contributed by atoms with Gasteiger partial charge in [-0.05, 0) is 6.92 Å². The molecule has 7 heteroatoms. The summed E-state index contributed by atoms with van der Waals surface area (Å²) < 4.78 is 4.91. The number of carbonyl (C=O) groups excluding carboxylic acids is 2. The summed E-state index contributed by atoms with van der Waals surface area (Å²) in [6.45, 7) is 2.49. The number of hydrogen-bond donors (Lipinski definition) is 4. The van der Waals surface area contributed by atoms with E-state index in [1.165, 1.54) is 0 Å². The summed E-state index contributed by atoms with van der Waals surface area (Å²) in [6, 6.07) is 0. The van der Waals surface area contributed by atoms with Gasteiger partial charge in [-0.1, -0.05) is 0 Å². The minimum absolute atomic E-state index is 0.0103. The molecule has 6 N–H and O–H groups in total. The van der Waals surface area contributed by atoms with E-state index >= 15 is 0 Å². The third-order valence-corrected chi connectivity index (χ3v) is 1.51. The Labute approximate surface area is 88.5 Å². The van der Waals surface area contributed by atoms with Gasteiger partial charge >= 0.3 is 5.97 Å². The van der Waals surface area contributed by atoms with Gasteiger partial charge in [-0.3, -0.25) is 9.59 Å². The summed E-state index contributed by atoms with van der Waals surface area (Å²) in [5.41, 5.74) is 10.3. The highest BCUT2D eigenvalue weighted by Gasteiger charge is 2.12. The smallest absolute Gasteiger partial charge is 0.315 e. The normalized spacial score (nSPS) is 11.9. The minimum Gasteiger partial charge on any atom is -0.461 e. The van der Waals surface area contributed by atoms with Crippen molar-refractivity contribution in [3.63, 3.8) is 0 Å². The van der Waals surface area contributed by atoms with Crippen LogP contribution < -0.4 is 22.1 Å². The van der Waals surface area contributed by atoms with Crippen LogP contribution in [-0.2, 0) is 14.3 Å². The first kappa shape index (κ1) is 13.8. The topological polar surface area (TPSA) is 119 Å². The maximum absolute atomic E-state index is 11.1. The molecule has 0 heterocycles. The van der Waals surface area contributed by atoms with E-state index in [4.69, 9.17) is 16.2 Å². The largest absolute Gasteiger partial charge is 0.461 e. The van der Waals surface area contributed by atoms with Crippen LogP contribution in [0, 0.1) is 0 Å². The molecule has 1 unspecified atom stereocenters. The Morgan fingerprint density at radius 3 is 2.53 bits per heavy atom. The molecule has 0 aliphatic rings. The van der Waals surface area contributed by atoms with Crippen LogP contribution in [0.25, 0.3) is 0 Å². The number of hydrogen-bond acceptors (Lipinski definition) is 6. The minimum atomic E-state index is -0.577. The highest BCUT2D eigenvalue weighted by Crippen LogP contribution is 1.93. The van der Waals surface area contributed by atoms with Crippen LogP contribution in [0.2, 0.25) is 0 Å². The number of rotatable bonds is 7. The number of amides is 1. The van der Waals surface area contributed by atoms with E-state index in [0.29, 0.717) is 13.2 Å². The molecule has 0 aliphatic carbocycles. The van der Waals surface area contributed by atoms with E-state index in [1.54, 1.807) is 6.92 Å². The maximum atomic E-state index is 11.1. The maximum Gasteiger partial charge on any atom is 0.315 e. The molecule has 0 saturated carbocycles. The molecule has 0 rings (SSSR count). The summed E-state index contributed by atoms with van der Waals surface area (Å²) >= 11 is 0. The fourth-order valence-corrected chi connectivity index (χ4v) is 0.902. The predicted molar refractivity (Wildman–Crippen MR) is 54.4 cm³/mol. The van der Waals surface area contributed by atoms with Crippen molar-refractivity contribution >= 4 is 11.9 Å². The lowest BCUT2D eigenvalue weighted by atomic mass is 10.3. The van der Waals surface area contributed by atoms with Crippen LogP contribution in [0.1, 0.15) is 13.3 Å². The van der Waals surface area contributed by atoms with Crippen LogP contribution in [0.4, 0.5) is 0 Å². The molecule has 0 bridgehead atoms. The Bertz CT molecular complexity index is 210. The molecule has 1 amide bonds. The Kier molecular flexibility index (Phi) is 7.51. The first-order chi connectivity index (χ1) is 7.10. The lowest BCUT2D eigenvalue weighted by Gasteiger charge is -2.13. The van der Waals surface area contributed by atoms with Crippen LogP contribution in [0.15, 0.2) is 0 Å². The van der Waals surface area contributed by atoms with Crippen molar-refractivity contribution in [2.45, 2.75) is 19.4 Å². The monoisotopic (exact) mass is 218 g/mol. The quantitative estimate of drug-likeness (QED) is 0.220. The van der Waals surface area contributed by atoms with Gasteiger partial charge in [0.15, 0.2) is 0 Å². The SMILES string of the molecule is CC(CNCN)OC(=O)CC(=O)NCN. The molecule has 15 heavy (non-hydrogen) atoms. The highest BCUT2D eigenvalue weighted by molar-refractivity contribution is 5.94. The molecule has 1 atom stereocenters. The summed E-state index contributed by atoms with van der Waals surface area (Å²) in [5, 5.41) is 5.11. The van der Waals surface area contributed by atoms with E-state index in [9.17, 15) is 9.59 Å². The van der Waals surface area contributed by atoms with Crippen LogP contribution in [0.3, 0.4) is 0 Å². The predicted octanol–water partition coefficient (Wildman–Crippen LogP) is -2.15. The van der Waals surface area contributed by atoms with Crippen molar-refractivity contribution in [2.24, 2.45) is 11.5 Å². The zero-order valence-corrected chi connectivity index (χ0v) is 8.79. The fourth-order valence-electron chi connectivity index (χ4n) is 0.902. The Morgan fingerprint density at radius 2 is 2.00 bits per heavy atom. The number of carbonyl (C=O) groups is 2. The highest BCUT2D eigenvalue weighted by atomic mass is 16.5. The second kappa shape index (κ2) is 8.16. The lowest BCUT2D eigenvalue weighted by molar-refractivity contribution is -0.150.